The van der Waals surface area contributed by atoms with Gasteiger partial charge < -0.3 is 15.0 Å². The fourth-order valence-electron chi connectivity index (χ4n) is 5.84. The van der Waals surface area contributed by atoms with Gasteiger partial charge in [-0.2, -0.15) is 0 Å². The summed E-state index contributed by atoms with van der Waals surface area (Å²) in [7, 11) is 1.65. The molecule has 0 radical (unpaired) electrons. The Labute approximate surface area is 224 Å². The minimum Gasteiger partial charge on any atom is -0.497 e. The number of ether oxygens (including phenoxy) is 1. The van der Waals surface area contributed by atoms with Crippen molar-refractivity contribution in [2.45, 2.75) is 45.6 Å². The second kappa shape index (κ2) is 10.7. The van der Waals surface area contributed by atoms with Gasteiger partial charge in [-0.05, 0) is 73.7 Å². The molecule has 5 rings (SSSR count). The lowest BCUT2D eigenvalue weighted by Crippen LogP contribution is -2.37. The SMILES string of the molecule is CCN(CC)c1ccc(C2C3=C(CC(c4cccc(OC)c4)CC3=O)Nc3ccccc3N2C(C)=O)cc1. The number of rotatable bonds is 6. The maximum atomic E-state index is 14.0. The molecule has 0 saturated heterocycles. The van der Waals surface area contributed by atoms with Crippen LogP contribution in [0.3, 0.4) is 0 Å². The van der Waals surface area contributed by atoms with Gasteiger partial charge in [0.2, 0.25) is 5.91 Å². The zero-order valence-electron chi connectivity index (χ0n) is 22.5. The number of carbonyl (C=O) groups excluding carboxylic acids is 2. The van der Waals surface area contributed by atoms with Gasteiger partial charge in [-0.25, -0.2) is 0 Å². The molecule has 1 aliphatic heterocycles. The third kappa shape index (κ3) is 4.67. The highest BCUT2D eigenvalue weighted by molar-refractivity contribution is 6.06. The van der Waals surface area contributed by atoms with Crippen LogP contribution in [0.1, 0.15) is 56.7 Å². The molecule has 3 aromatic carbocycles. The van der Waals surface area contributed by atoms with E-state index in [2.05, 4.69) is 54.4 Å². The molecule has 0 spiro atoms. The van der Waals surface area contributed by atoms with Crippen molar-refractivity contribution in [2.75, 3.05) is 35.3 Å². The molecule has 196 valence electrons. The van der Waals surface area contributed by atoms with Crippen molar-refractivity contribution < 1.29 is 14.3 Å². The number of allylic oxidation sites excluding steroid dienone is 1. The number of para-hydroxylation sites is 2. The van der Waals surface area contributed by atoms with Crippen LogP contribution in [0, 0.1) is 0 Å². The monoisotopic (exact) mass is 509 g/mol. The van der Waals surface area contributed by atoms with Crippen molar-refractivity contribution in [1.29, 1.82) is 0 Å². The zero-order valence-corrected chi connectivity index (χ0v) is 22.5. The first-order chi connectivity index (χ1) is 18.4. The Morgan fingerprint density at radius 3 is 2.39 bits per heavy atom. The molecule has 3 aromatic rings. The molecule has 0 saturated carbocycles. The Morgan fingerprint density at radius 2 is 1.71 bits per heavy atom. The number of carbonyl (C=O) groups is 2. The molecule has 6 heteroatoms. The Hall–Kier alpha value is -4.06. The van der Waals surface area contributed by atoms with Crippen LogP contribution in [0.15, 0.2) is 84.1 Å². The van der Waals surface area contributed by atoms with E-state index in [1.165, 1.54) is 0 Å². The van der Waals surface area contributed by atoms with Gasteiger partial charge in [0.15, 0.2) is 5.78 Å². The number of fused-ring (bicyclic) bond motifs is 1. The minimum absolute atomic E-state index is 0.0191. The predicted octanol–water partition coefficient (Wildman–Crippen LogP) is 6.46. The summed E-state index contributed by atoms with van der Waals surface area (Å²) in [5.41, 5.74) is 6.29. The van der Waals surface area contributed by atoms with Crippen molar-refractivity contribution in [3.63, 3.8) is 0 Å². The molecule has 1 amide bonds. The van der Waals surface area contributed by atoms with Crippen LogP contribution in [0.2, 0.25) is 0 Å². The van der Waals surface area contributed by atoms with Crippen LogP contribution in [0.4, 0.5) is 17.1 Å². The highest BCUT2D eigenvalue weighted by Gasteiger charge is 2.40. The molecule has 1 aliphatic carbocycles. The Kier molecular flexibility index (Phi) is 7.23. The zero-order chi connectivity index (χ0) is 26.8. The van der Waals surface area contributed by atoms with E-state index >= 15 is 0 Å². The van der Waals surface area contributed by atoms with Gasteiger partial charge in [-0.3, -0.25) is 14.5 Å². The summed E-state index contributed by atoms with van der Waals surface area (Å²) in [5, 5.41) is 3.58. The number of nitrogens with zero attached hydrogens (tertiary/aromatic N) is 2. The minimum atomic E-state index is -0.511. The van der Waals surface area contributed by atoms with E-state index in [1.54, 1.807) is 18.9 Å². The van der Waals surface area contributed by atoms with E-state index in [0.29, 0.717) is 18.4 Å². The molecule has 2 unspecified atom stereocenters. The number of nitrogens with one attached hydrogen (secondary N) is 1. The van der Waals surface area contributed by atoms with Gasteiger partial charge in [0.05, 0.1) is 24.5 Å². The molecule has 0 fully saturated rings. The highest BCUT2D eigenvalue weighted by atomic mass is 16.5. The number of Topliss-reactive ketones (excluding diaryl/α,β-unsaturated/α-hetero) is 1. The fourth-order valence-corrected chi connectivity index (χ4v) is 5.84. The quantitative estimate of drug-likeness (QED) is 0.413. The lowest BCUT2D eigenvalue weighted by molar-refractivity contribution is -0.117. The van der Waals surface area contributed by atoms with Gasteiger partial charge in [-0.1, -0.05) is 36.4 Å². The van der Waals surface area contributed by atoms with E-state index in [1.807, 2.05) is 42.5 Å². The van der Waals surface area contributed by atoms with Crippen molar-refractivity contribution >= 4 is 28.8 Å². The number of hydrogen-bond donors (Lipinski definition) is 1. The summed E-state index contributed by atoms with van der Waals surface area (Å²) in [6.45, 7) is 7.68. The molecular formula is C32H35N3O3. The van der Waals surface area contributed by atoms with Crippen molar-refractivity contribution in [3.8, 4) is 5.75 Å². The van der Waals surface area contributed by atoms with Gasteiger partial charge in [-0.15, -0.1) is 0 Å². The average Bonchev–Trinajstić information content (AvgIpc) is 3.09. The average molecular weight is 510 g/mol. The first-order valence-electron chi connectivity index (χ1n) is 13.4. The molecule has 0 aromatic heterocycles. The molecule has 0 bridgehead atoms. The lowest BCUT2D eigenvalue weighted by atomic mass is 9.78. The standard InChI is InChI=1S/C32H35N3O3/c1-5-34(6-2)25-16-14-22(15-17-25)32-31-28(33-27-12-7-8-13-29(27)35(32)21(3)36)19-24(20-30(31)37)23-10-9-11-26(18-23)38-4/h7-18,24,32-33H,5-6,19-20H2,1-4H3. The summed E-state index contributed by atoms with van der Waals surface area (Å²) >= 11 is 0. The third-order valence-electron chi connectivity index (χ3n) is 7.73. The highest BCUT2D eigenvalue weighted by Crippen LogP contribution is 2.47. The Bertz CT molecular complexity index is 1370. The molecular weight excluding hydrogens is 474 g/mol. The van der Waals surface area contributed by atoms with Crippen LogP contribution >= 0.6 is 0 Å². The largest absolute Gasteiger partial charge is 0.497 e. The molecule has 2 atom stereocenters. The smallest absolute Gasteiger partial charge is 0.224 e. The topological polar surface area (TPSA) is 61.9 Å². The van der Waals surface area contributed by atoms with Crippen molar-refractivity contribution in [2.24, 2.45) is 0 Å². The van der Waals surface area contributed by atoms with E-state index in [9.17, 15) is 9.59 Å². The molecule has 1 heterocycles. The number of anilines is 3. The maximum Gasteiger partial charge on any atom is 0.224 e. The molecule has 38 heavy (non-hydrogen) atoms. The van der Waals surface area contributed by atoms with Gasteiger partial charge in [0.25, 0.3) is 0 Å². The fraction of sp³-hybridized carbons (Fsp3) is 0.312. The van der Waals surface area contributed by atoms with Crippen molar-refractivity contribution in [3.05, 3.63) is 95.2 Å². The predicted molar refractivity (Wildman–Crippen MR) is 153 cm³/mol. The normalized spacial score (nSPS) is 18.7. The van der Waals surface area contributed by atoms with Crippen molar-refractivity contribution in [1.82, 2.24) is 0 Å². The van der Waals surface area contributed by atoms with Crippen LogP contribution in [-0.4, -0.2) is 31.9 Å². The maximum absolute atomic E-state index is 14.0. The van der Waals surface area contributed by atoms with E-state index in [-0.39, 0.29) is 17.6 Å². The summed E-state index contributed by atoms with van der Waals surface area (Å²) in [4.78, 5) is 31.3. The number of hydrogen-bond acceptors (Lipinski definition) is 5. The summed E-state index contributed by atoms with van der Waals surface area (Å²) in [6, 6.07) is 23.6. The van der Waals surface area contributed by atoms with Gasteiger partial charge in [0, 0.05) is 43.4 Å². The van der Waals surface area contributed by atoms with Crippen LogP contribution in [-0.2, 0) is 9.59 Å². The van der Waals surface area contributed by atoms with E-state index in [0.717, 1.165) is 52.7 Å². The van der Waals surface area contributed by atoms with Gasteiger partial charge in [0.1, 0.15) is 5.75 Å². The van der Waals surface area contributed by atoms with Crippen LogP contribution in [0.5, 0.6) is 5.75 Å². The Balaban J connectivity index is 1.65. The second-order valence-corrected chi connectivity index (χ2v) is 9.89. The van der Waals surface area contributed by atoms with Crippen LogP contribution < -0.4 is 19.9 Å². The summed E-state index contributed by atoms with van der Waals surface area (Å²) in [5.74, 6) is 0.755. The third-order valence-corrected chi connectivity index (χ3v) is 7.73. The number of benzene rings is 3. The van der Waals surface area contributed by atoms with E-state index in [4.69, 9.17) is 4.74 Å². The molecule has 2 aliphatic rings. The lowest BCUT2D eigenvalue weighted by Gasteiger charge is -2.35. The van der Waals surface area contributed by atoms with Crippen LogP contribution in [0.25, 0.3) is 0 Å². The van der Waals surface area contributed by atoms with Gasteiger partial charge >= 0.3 is 0 Å². The number of methoxy groups -OCH3 is 1. The van der Waals surface area contributed by atoms with E-state index < -0.39 is 6.04 Å². The Morgan fingerprint density at radius 1 is 0.974 bits per heavy atom. The first kappa shape index (κ1) is 25.6. The summed E-state index contributed by atoms with van der Waals surface area (Å²) in [6.07, 6.45) is 1.05. The second-order valence-electron chi connectivity index (χ2n) is 9.89. The molecule has 1 N–H and O–H groups in total. The number of ketones is 1. The number of amides is 1. The molecule has 6 nitrogen and oxygen atoms in total. The summed E-state index contributed by atoms with van der Waals surface area (Å²) < 4.78 is 5.44. The first-order valence-corrected chi connectivity index (χ1v) is 13.4.